The minimum atomic E-state index is 0.512. The first-order chi connectivity index (χ1) is 8.61. The Morgan fingerprint density at radius 3 is 2.78 bits per heavy atom. The van der Waals surface area contributed by atoms with Crippen molar-refractivity contribution in [3.63, 3.8) is 0 Å². The standard InChI is InChI=1S/C11H14ClN5S/c1-4-5-8-14-9(12)7(2)10(15-8)18-11-16-13-6-17(11)3/h6H,4-5H2,1-3H3. The average Bonchev–Trinajstić information content (AvgIpc) is 2.72. The molecule has 18 heavy (non-hydrogen) atoms. The predicted octanol–water partition coefficient (Wildman–Crippen LogP) is 2.67. The summed E-state index contributed by atoms with van der Waals surface area (Å²) in [6.45, 7) is 4.00. The van der Waals surface area contributed by atoms with Gasteiger partial charge in [0, 0.05) is 19.0 Å². The first-order valence-corrected chi connectivity index (χ1v) is 6.86. The molecule has 0 aliphatic rings. The summed E-state index contributed by atoms with van der Waals surface area (Å²) in [5.74, 6) is 0.776. The third-order valence-corrected chi connectivity index (χ3v) is 3.93. The van der Waals surface area contributed by atoms with Crippen LogP contribution in [0.4, 0.5) is 0 Å². The first kappa shape index (κ1) is 13.3. The lowest BCUT2D eigenvalue weighted by Crippen LogP contribution is -2.00. The molecule has 2 heterocycles. The van der Waals surface area contributed by atoms with Crippen molar-refractivity contribution in [1.29, 1.82) is 0 Å². The smallest absolute Gasteiger partial charge is 0.197 e. The molecule has 0 aliphatic heterocycles. The van der Waals surface area contributed by atoms with Gasteiger partial charge in [0.15, 0.2) is 5.16 Å². The van der Waals surface area contributed by atoms with E-state index >= 15 is 0 Å². The summed E-state index contributed by atoms with van der Waals surface area (Å²) in [7, 11) is 1.90. The molecule has 7 heteroatoms. The second kappa shape index (κ2) is 5.67. The third-order valence-electron chi connectivity index (χ3n) is 2.42. The van der Waals surface area contributed by atoms with E-state index < -0.39 is 0 Å². The summed E-state index contributed by atoms with van der Waals surface area (Å²) in [5, 5.41) is 10.0. The molecule has 0 unspecified atom stereocenters. The summed E-state index contributed by atoms with van der Waals surface area (Å²) >= 11 is 7.58. The van der Waals surface area contributed by atoms with Crippen molar-refractivity contribution in [2.45, 2.75) is 36.9 Å². The lowest BCUT2D eigenvalue weighted by atomic mass is 10.3. The largest absolute Gasteiger partial charge is 0.311 e. The number of aryl methyl sites for hydroxylation is 2. The van der Waals surface area contributed by atoms with Crippen molar-refractivity contribution in [3.05, 3.63) is 22.9 Å². The zero-order valence-electron chi connectivity index (χ0n) is 10.5. The van der Waals surface area contributed by atoms with Crippen LogP contribution < -0.4 is 0 Å². The van der Waals surface area contributed by atoms with Crippen molar-refractivity contribution in [3.8, 4) is 0 Å². The molecule has 0 aromatic carbocycles. The molecule has 0 saturated heterocycles. The van der Waals surface area contributed by atoms with Crippen LogP contribution in [0.3, 0.4) is 0 Å². The van der Waals surface area contributed by atoms with Gasteiger partial charge in [0.2, 0.25) is 0 Å². The van der Waals surface area contributed by atoms with Gasteiger partial charge in [-0.1, -0.05) is 18.5 Å². The van der Waals surface area contributed by atoms with Crippen LogP contribution in [-0.4, -0.2) is 24.7 Å². The Balaban J connectivity index is 2.34. The molecule has 0 saturated carbocycles. The highest BCUT2D eigenvalue weighted by Crippen LogP contribution is 2.29. The van der Waals surface area contributed by atoms with Gasteiger partial charge in [0.05, 0.1) is 0 Å². The van der Waals surface area contributed by atoms with Crippen LogP contribution >= 0.6 is 23.4 Å². The van der Waals surface area contributed by atoms with E-state index in [0.717, 1.165) is 34.4 Å². The van der Waals surface area contributed by atoms with Gasteiger partial charge in [-0.2, -0.15) is 0 Å². The van der Waals surface area contributed by atoms with Gasteiger partial charge in [0.25, 0.3) is 0 Å². The maximum Gasteiger partial charge on any atom is 0.197 e. The number of rotatable bonds is 4. The Morgan fingerprint density at radius 2 is 2.17 bits per heavy atom. The summed E-state index contributed by atoms with van der Waals surface area (Å²) in [5.41, 5.74) is 0.879. The molecule has 0 amide bonds. The predicted molar refractivity (Wildman–Crippen MR) is 70.9 cm³/mol. The van der Waals surface area contributed by atoms with E-state index in [4.69, 9.17) is 11.6 Å². The van der Waals surface area contributed by atoms with Crippen molar-refractivity contribution in [2.75, 3.05) is 0 Å². The van der Waals surface area contributed by atoms with E-state index in [1.807, 2.05) is 18.5 Å². The molecule has 0 aliphatic carbocycles. The summed E-state index contributed by atoms with van der Waals surface area (Å²) < 4.78 is 1.85. The molecule has 2 aromatic rings. The van der Waals surface area contributed by atoms with Crippen LogP contribution in [0.2, 0.25) is 5.15 Å². The Bertz CT molecular complexity index is 554. The van der Waals surface area contributed by atoms with Gasteiger partial charge in [-0.15, -0.1) is 10.2 Å². The maximum absolute atomic E-state index is 6.13. The van der Waals surface area contributed by atoms with Crippen molar-refractivity contribution in [1.82, 2.24) is 24.7 Å². The third kappa shape index (κ3) is 2.81. The van der Waals surface area contributed by atoms with E-state index in [2.05, 4.69) is 27.1 Å². The van der Waals surface area contributed by atoms with Crippen LogP contribution in [0.5, 0.6) is 0 Å². The van der Waals surface area contributed by atoms with Gasteiger partial charge in [-0.25, -0.2) is 9.97 Å². The van der Waals surface area contributed by atoms with Crippen molar-refractivity contribution < 1.29 is 0 Å². The van der Waals surface area contributed by atoms with Crippen molar-refractivity contribution >= 4 is 23.4 Å². The topological polar surface area (TPSA) is 56.5 Å². The molecular weight excluding hydrogens is 270 g/mol. The Labute approximate surface area is 115 Å². The van der Waals surface area contributed by atoms with E-state index in [9.17, 15) is 0 Å². The Hall–Kier alpha value is -1.14. The van der Waals surface area contributed by atoms with Gasteiger partial charge in [0.1, 0.15) is 22.3 Å². The molecular formula is C11H14ClN5S. The van der Waals surface area contributed by atoms with Crippen LogP contribution in [0, 0.1) is 6.92 Å². The second-order valence-corrected chi connectivity index (χ2v) is 5.25. The highest BCUT2D eigenvalue weighted by molar-refractivity contribution is 7.99. The minimum absolute atomic E-state index is 0.512. The second-order valence-electron chi connectivity index (χ2n) is 3.94. The molecule has 0 atom stereocenters. The van der Waals surface area contributed by atoms with E-state index in [-0.39, 0.29) is 0 Å². The SMILES string of the molecule is CCCc1nc(Cl)c(C)c(Sc2nncn2C)n1. The van der Waals surface area contributed by atoms with Crippen LogP contribution in [0.15, 0.2) is 16.5 Å². The zero-order valence-corrected chi connectivity index (χ0v) is 12.1. The number of aromatic nitrogens is 5. The molecule has 2 aromatic heterocycles. The highest BCUT2D eigenvalue weighted by atomic mass is 35.5. The Morgan fingerprint density at radius 1 is 1.39 bits per heavy atom. The first-order valence-electron chi connectivity index (χ1n) is 5.66. The van der Waals surface area contributed by atoms with E-state index in [1.165, 1.54) is 11.8 Å². The van der Waals surface area contributed by atoms with Gasteiger partial charge >= 0.3 is 0 Å². The fourth-order valence-corrected chi connectivity index (χ4v) is 2.49. The number of nitrogens with zero attached hydrogens (tertiary/aromatic N) is 5. The Kier molecular flexibility index (Phi) is 4.19. The maximum atomic E-state index is 6.13. The molecule has 0 fully saturated rings. The molecule has 0 N–H and O–H groups in total. The monoisotopic (exact) mass is 283 g/mol. The van der Waals surface area contributed by atoms with E-state index in [0.29, 0.717) is 5.15 Å². The zero-order chi connectivity index (χ0) is 13.1. The van der Waals surface area contributed by atoms with Crippen LogP contribution in [-0.2, 0) is 13.5 Å². The molecule has 0 bridgehead atoms. The summed E-state index contributed by atoms with van der Waals surface area (Å²) in [4.78, 5) is 8.80. The van der Waals surface area contributed by atoms with Crippen molar-refractivity contribution in [2.24, 2.45) is 7.05 Å². The summed E-state index contributed by atoms with van der Waals surface area (Å²) in [6.07, 6.45) is 3.48. The molecule has 0 spiro atoms. The minimum Gasteiger partial charge on any atom is -0.311 e. The fraction of sp³-hybridized carbons (Fsp3) is 0.455. The molecule has 96 valence electrons. The molecule has 0 radical (unpaired) electrons. The number of hydrogen-bond donors (Lipinski definition) is 0. The number of halogens is 1. The van der Waals surface area contributed by atoms with E-state index in [1.54, 1.807) is 6.33 Å². The van der Waals surface area contributed by atoms with Gasteiger partial charge < -0.3 is 4.57 Å². The molecule has 2 rings (SSSR count). The summed E-state index contributed by atoms with van der Waals surface area (Å²) in [6, 6.07) is 0. The fourth-order valence-electron chi connectivity index (χ4n) is 1.40. The lowest BCUT2D eigenvalue weighted by Gasteiger charge is -2.07. The van der Waals surface area contributed by atoms with Gasteiger partial charge in [-0.05, 0) is 25.1 Å². The normalized spacial score (nSPS) is 10.9. The van der Waals surface area contributed by atoms with Crippen LogP contribution in [0.1, 0.15) is 24.7 Å². The van der Waals surface area contributed by atoms with Crippen LogP contribution in [0.25, 0.3) is 0 Å². The van der Waals surface area contributed by atoms with Gasteiger partial charge in [-0.3, -0.25) is 0 Å². The lowest BCUT2D eigenvalue weighted by molar-refractivity contribution is 0.777. The highest BCUT2D eigenvalue weighted by Gasteiger charge is 2.13. The molecule has 5 nitrogen and oxygen atoms in total. The average molecular weight is 284 g/mol. The number of hydrogen-bond acceptors (Lipinski definition) is 5. The quantitative estimate of drug-likeness (QED) is 0.808.